The van der Waals surface area contributed by atoms with Crippen LogP contribution in [0.25, 0.3) is 0 Å². The summed E-state index contributed by atoms with van der Waals surface area (Å²) >= 11 is 6.11. The normalized spacial score (nSPS) is 17.2. The van der Waals surface area contributed by atoms with Crippen molar-refractivity contribution in [2.45, 2.75) is 31.6 Å². The zero-order valence-corrected chi connectivity index (χ0v) is 15.4. The standard InChI is InChI=1S/C15H23ClN2O2S.ClH/c1-3-17-11-13-6-8-18(9-7-13)21(19,20)15-5-4-12(2)10-14(15)16;/h4-5,10,13,17H,3,6-9,11H2,1-2H3;1H. The van der Waals surface area contributed by atoms with Crippen LogP contribution in [0.2, 0.25) is 5.02 Å². The molecule has 0 radical (unpaired) electrons. The molecule has 1 saturated heterocycles. The van der Waals surface area contributed by atoms with Crippen LogP contribution in [-0.2, 0) is 10.0 Å². The second-order valence-corrected chi connectivity index (χ2v) is 7.90. The summed E-state index contributed by atoms with van der Waals surface area (Å²) < 4.78 is 26.9. The molecule has 1 aliphatic rings. The van der Waals surface area contributed by atoms with Gasteiger partial charge in [-0.25, -0.2) is 8.42 Å². The summed E-state index contributed by atoms with van der Waals surface area (Å²) in [7, 11) is -3.47. The van der Waals surface area contributed by atoms with Gasteiger partial charge in [0.25, 0.3) is 0 Å². The Morgan fingerprint density at radius 1 is 1.32 bits per heavy atom. The van der Waals surface area contributed by atoms with Gasteiger partial charge in [-0.3, -0.25) is 0 Å². The number of nitrogens with one attached hydrogen (secondary N) is 1. The summed E-state index contributed by atoms with van der Waals surface area (Å²) in [6.07, 6.45) is 1.80. The van der Waals surface area contributed by atoms with Crippen LogP contribution in [0.4, 0.5) is 0 Å². The van der Waals surface area contributed by atoms with Gasteiger partial charge in [-0.2, -0.15) is 4.31 Å². The van der Waals surface area contributed by atoms with Crippen molar-refractivity contribution in [2.24, 2.45) is 5.92 Å². The van der Waals surface area contributed by atoms with Crippen LogP contribution in [0.5, 0.6) is 0 Å². The molecule has 2 rings (SSSR count). The minimum absolute atomic E-state index is 0. The Bertz CT molecular complexity index is 585. The van der Waals surface area contributed by atoms with E-state index in [0.717, 1.165) is 31.5 Å². The number of hydrogen-bond acceptors (Lipinski definition) is 3. The number of sulfonamides is 1. The zero-order valence-electron chi connectivity index (χ0n) is 13.0. The van der Waals surface area contributed by atoms with E-state index in [-0.39, 0.29) is 17.3 Å². The van der Waals surface area contributed by atoms with Crippen molar-refractivity contribution in [3.63, 3.8) is 0 Å². The Balaban J connectivity index is 0.00000242. The first-order chi connectivity index (χ1) is 9.95. The van der Waals surface area contributed by atoms with Crippen LogP contribution >= 0.6 is 24.0 Å². The van der Waals surface area contributed by atoms with E-state index in [9.17, 15) is 8.42 Å². The van der Waals surface area contributed by atoms with Crippen molar-refractivity contribution in [2.75, 3.05) is 26.2 Å². The Labute approximate surface area is 144 Å². The molecular weight excluding hydrogens is 343 g/mol. The highest BCUT2D eigenvalue weighted by molar-refractivity contribution is 7.89. The van der Waals surface area contributed by atoms with Gasteiger partial charge in [-0.05, 0) is 56.5 Å². The molecule has 126 valence electrons. The number of hydrogen-bond donors (Lipinski definition) is 1. The number of halogens is 2. The molecule has 0 saturated carbocycles. The minimum Gasteiger partial charge on any atom is -0.317 e. The first-order valence-corrected chi connectivity index (χ1v) is 9.24. The summed E-state index contributed by atoms with van der Waals surface area (Å²) in [4.78, 5) is 0.222. The molecule has 1 aromatic rings. The van der Waals surface area contributed by atoms with E-state index >= 15 is 0 Å². The maximum atomic E-state index is 12.7. The van der Waals surface area contributed by atoms with Crippen molar-refractivity contribution in [3.8, 4) is 0 Å². The lowest BCUT2D eigenvalue weighted by molar-refractivity contribution is 0.268. The Morgan fingerprint density at radius 3 is 2.50 bits per heavy atom. The first-order valence-electron chi connectivity index (χ1n) is 7.42. The second kappa shape index (κ2) is 8.50. The van der Waals surface area contributed by atoms with Crippen molar-refractivity contribution in [3.05, 3.63) is 28.8 Å². The molecule has 7 heteroatoms. The molecule has 0 aliphatic carbocycles. The van der Waals surface area contributed by atoms with E-state index in [4.69, 9.17) is 11.6 Å². The number of piperidine rings is 1. The minimum atomic E-state index is -3.47. The fraction of sp³-hybridized carbons (Fsp3) is 0.600. The van der Waals surface area contributed by atoms with Gasteiger partial charge in [0.05, 0.1) is 5.02 Å². The predicted octanol–water partition coefficient (Wildman–Crippen LogP) is 3.08. The molecule has 0 bridgehead atoms. The van der Waals surface area contributed by atoms with E-state index in [1.807, 2.05) is 6.92 Å². The lowest BCUT2D eigenvalue weighted by Crippen LogP contribution is -2.40. The fourth-order valence-corrected chi connectivity index (χ4v) is 4.70. The number of benzene rings is 1. The third-order valence-corrected chi connectivity index (χ3v) is 6.34. The smallest absolute Gasteiger partial charge is 0.244 e. The van der Waals surface area contributed by atoms with Crippen LogP contribution in [-0.4, -0.2) is 38.9 Å². The molecule has 0 unspecified atom stereocenters. The molecule has 1 fully saturated rings. The Morgan fingerprint density at radius 2 is 1.95 bits per heavy atom. The van der Waals surface area contributed by atoms with Crippen molar-refractivity contribution in [1.82, 2.24) is 9.62 Å². The van der Waals surface area contributed by atoms with E-state index < -0.39 is 10.0 Å². The highest BCUT2D eigenvalue weighted by Crippen LogP contribution is 2.28. The van der Waals surface area contributed by atoms with E-state index in [1.54, 1.807) is 22.5 Å². The predicted molar refractivity (Wildman–Crippen MR) is 93.5 cm³/mol. The van der Waals surface area contributed by atoms with Crippen LogP contribution < -0.4 is 5.32 Å². The molecule has 0 spiro atoms. The van der Waals surface area contributed by atoms with Gasteiger partial charge in [0.1, 0.15) is 4.90 Å². The Kier molecular flexibility index (Phi) is 7.62. The van der Waals surface area contributed by atoms with Gasteiger partial charge < -0.3 is 5.32 Å². The van der Waals surface area contributed by atoms with Crippen LogP contribution in [0.15, 0.2) is 23.1 Å². The summed E-state index contributed by atoms with van der Waals surface area (Å²) in [6, 6.07) is 5.10. The van der Waals surface area contributed by atoms with E-state index in [2.05, 4.69) is 12.2 Å². The molecule has 1 aromatic carbocycles. The molecular formula is C15H24Cl2N2O2S. The summed E-state index contributed by atoms with van der Waals surface area (Å²) in [5, 5.41) is 3.64. The average molecular weight is 367 g/mol. The lowest BCUT2D eigenvalue weighted by atomic mass is 9.98. The molecule has 1 N–H and O–H groups in total. The van der Waals surface area contributed by atoms with Gasteiger partial charge >= 0.3 is 0 Å². The molecule has 1 aliphatic heterocycles. The van der Waals surface area contributed by atoms with Crippen molar-refractivity contribution < 1.29 is 8.42 Å². The number of rotatable bonds is 5. The first kappa shape index (κ1) is 19.7. The van der Waals surface area contributed by atoms with Gasteiger partial charge in [0.15, 0.2) is 0 Å². The zero-order chi connectivity index (χ0) is 15.5. The molecule has 0 aromatic heterocycles. The highest BCUT2D eigenvalue weighted by atomic mass is 35.5. The van der Waals surface area contributed by atoms with Crippen LogP contribution in [0.1, 0.15) is 25.3 Å². The number of aryl methyl sites for hydroxylation is 1. The number of nitrogens with zero attached hydrogens (tertiary/aromatic N) is 1. The van der Waals surface area contributed by atoms with Crippen LogP contribution in [0, 0.1) is 12.8 Å². The molecule has 4 nitrogen and oxygen atoms in total. The molecule has 0 amide bonds. The van der Waals surface area contributed by atoms with Gasteiger partial charge in [0.2, 0.25) is 10.0 Å². The Hall–Kier alpha value is -0.330. The van der Waals surface area contributed by atoms with Gasteiger partial charge in [0, 0.05) is 13.1 Å². The van der Waals surface area contributed by atoms with Crippen molar-refractivity contribution >= 4 is 34.0 Å². The monoisotopic (exact) mass is 366 g/mol. The van der Waals surface area contributed by atoms with Crippen LogP contribution in [0.3, 0.4) is 0 Å². The lowest BCUT2D eigenvalue weighted by Gasteiger charge is -2.31. The van der Waals surface area contributed by atoms with Gasteiger partial charge in [-0.15, -0.1) is 12.4 Å². The maximum Gasteiger partial charge on any atom is 0.244 e. The average Bonchev–Trinajstić information content (AvgIpc) is 2.45. The fourth-order valence-electron chi connectivity index (χ4n) is 2.66. The van der Waals surface area contributed by atoms with E-state index in [1.165, 1.54) is 0 Å². The summed E-state index contributed by atoms with van der Waals surface area (Å²) in [5.41, 5.74) is 0.961. The topological polar surface area (TPSA) is 49.4 Å². The van der Waals surface area contributed by atoms with Gasteiger partial charge in [-0.1, -0.05) is 24.6 Å². The summed E-state index contributed by atoms with van der Waals surface area (Å²) in [5.74, 6) is 0.560. The molecule has 22 heavy (non-hydrogen) atoms. The molecule has 1 heterocycles. The third-order valence-electron chi connectivity index (χ3n) is 3.96. The van der Waals surface area contributed by atoms with E-state index in [0.29, 0.717) is 24.0 Å². The second-order valence-electron chi connectivity index (χ2n) is 5.59. The molecule has 0 atom stereocenters. The third kappa shape index (κ3) is 4.59. The summed E-state index contributed by atoms with van der Waals surface area (Å²) in [6.45, 7) is 7.05. The largest absolute Gasteiger partial charge is 0.317 e. The maximum absolute atomic E-state index is 12.7. The SMILES string of the molecule is CCNCC1CCN(S(=O)(=O)c2ccc(C)cc2Cl)CC1.Cl. The highest BCUT2D eigenvalue weighted by Gasteiger charge is 2.30. The van der Waals surface area contributed by atoms with Crippen molar-refractivity contribution in [1.29, 1.82) is 0 Å². The quantitative estimate of drug-likeness (QED) is 0.870.